The average molecular weight is 228 g/mol. The molecule has 0 bridgehead atoms. The van der Waals surface area contributed by atoms with E-state index in [9.17, 15) is 5.11 Å². The quantitative estimate of drug-likeness (QED) is 0.769. The van der Waals surface area contributed by atoms with E-state index in [0.29, 0.717) is 11.7 Å². The second-order valence-electron chi connectivity index (χ2n) is 4.19. The van der Waals surface area contributed by atoms with Crippen LogP contribution in [-0.2, 0) is 0 Å². The molecule has 2 rings (SSSR count). The van der Waals surface area contributed by atoms with Crippen molar-refractivity contribution >= 4 is 17.4 Å². The summed E-state index contributed by atoms with van der Waals surface area (Å²) in [5, 5.41) is 12.8. The van der Waals surface area contributed by atoms with Crippen molar-refractivity contribution in [2.24, 2.45) is 5.92 Å². The third-order valence-corrected chi connectivity index (χ3v) is 3.03. The molecule has 0 aromatic carbocycles. The Balaban J connectivity index is 2.12. The minimum absolute atomic E-state index is 0.0965. The number of aliphatic hydroxyl groups is 1. The van der Waals surface area contributed by atoms with Crippen LogP contribution in [0.4, 0.5) is 5.82 Å². The Morgan fingerprint density at radius 3 is 2.93 bits per heavy atom. The predicted molar refractivity (Wildman–Crippen MR) is 58.9 cm³/mol. The van der Waals surface area contributed by atoms with E-state index < -0.39 is 0 Å². The molecule has 1 aliphatic rings. The van der Waals surface area contributed by atoms with Gasteiger partial charge in [0.25, 0.3) is 0 Å². The van der Waals surface area contributed by atoms with Gasteiger partial charge in [0.1, 0.15) is 5.82 Å². The Kier molecular flexibility index (Phi) is 2.80. The van der Waals surface area contributed by atoms with Crippen LogP contribution >= 0.6 is 11.6 Å². The minimum atomic E-state index is -0.294. The van der Waals surface area contributed by atoms with Gasteiger partial charge in [-0.05, 0) is 43.4 Å². The van der Waals surface area contributed by atoms with Crippen molar-refractivity contribution in [2.75, 3.05) is 11.9 Å². The van der Waals surface area contributed by atoms with E-state index in [4.69, 9.17) is 11.6 Å². The minimum Gasteiger partial charge on any atom is -0.394 e. The first-order chi connectivity index (χ1) is 7.14. The molecule has 0 amide bonds. The molecular formula is C10H14ClN3O. The molecule has 0 saturated heterocycles. The van der Waals surface area contributed by atoms with Crippen LogP contribution in [-0.4, -0.2) is 27.2 Å². The van der Waals surface area contributed by atoms with Gasteiger partial charge in [0.15, 0.2) is 0 Å². The maximum Gasteiger partial charge on any atom is 0.224 e. The largest absolute Gasteiger partial charge is 0.394 e. The molecule has 1 aromatic heterocycles. The van der Waals surface area contributed by atoms with Gasteiger partial charge in [-0.2, -0.15) is 0 Å². The maximum atomic E-state index is 9.39. The van der Waals surface area contributed by atoms with E-state index in [-0.39, 0.29) is 17.4 Å². The lowest BCUT2D eigenvalue weighted by molar-refractivity contribution is 0.205. The third kappa shape index (κ3) is 2.38. The van der Waals surface area contributed by atoms with Crippen LogP contribution in [0, 0.1) is 5.92 Å². The highest BCUT2D eigenvalue weighted by Gasteiger charge is 2.41. The van der Waals surface area contributed by atoms with Crippen molar-refractivity contribution in [2.45, 2.75) is 25.3 Å². The van der Waals surface area contributed by atoms with Gasteiger partial charge in [-0.1, -0.05) is 0 Å². The highest BCUT2D eigenvalue weighted by atomic mass is 35.5. The molecule has 5 heteroatoms. The molecule has 1 fully saturated rings. The van der Waals surface area contributed by atoms with Gasteiger partial charge in [0, 0.05) is 6.20 Å². The molecule has 4 nitrogen and oxygen atoms in total. The van der Waals surface area contributed by atoms with E-state index in [1.165, 1.54) is 0 Å². The molecule has 1 atom stereocenters. The Labute approximate surface area is 93.7 Å². The molecule has 1 saturated carbocycles. The van der Waals surface area contributed by atoms with Gasteiger partial charge in [0.05, 0.1) is 12.1 Å². The Morgan fingerprint density at radius 2 is 2.40 bits per heavy atom. The first kappa shape index (κ1) is 10.6. The zero-order valence-electron chi connectivity index (χ0n) is 8.57. The summed E-state index contributed by atoms with van der Waals surface area (Å²) in [5.41, 5.74) is -0.294. The molecule has 15 heavy (non-hydrogen) atoms. The topological polar surface area (TPSA) is 58.0 Å². The van der Waals surface area contributed by atoms with Crippen LogP contribution in [0.25, 0.3) is 0 Å². The first-order valence-electron chi connectivity index (χ1n) is 5.01. The molecule has 2 N–H and O–H groups in total. The lowest BCUT2D eigenvalue weighted by Crippen LogP contribution is -2.41. The molecule has 1 aliphatic carbocycles. The van der Waals surface area contributed by atoms with Crippen molar-refractivity contribution < 1.29 is 5.11 Å². The van der Waals surface area contributed by atoms with Gasteiger partial charge >= 0.3 is 0 Å². The number of nitrogens with zero attached hydrogens (tertiary/aromatic N) is 2. The second kappa shape index (κ2) is 3.94. The maximum absolute atomic E-state index is 9.39. The number of rotatable bonds is 4. The van der Waals surface area contributed by atoms with Crippen LogP contribution in [0.2, 0.25) is 5.28 Å². The summed E-state index contributed by atoms with van der Waals surface area (Å²) in [5.74, 6) is 1.19. The van der Waals surface area contributed by atoms with Crippen LogP contribution in [0.1, 0.15) is 19.8 Å². The fourth-order valence-corrected chi connectivity index (χ4v) is 1.84. The highest BCUT2D eigenvalue weighted by molar-refractivity contribution is 6.28. The molecule has 0 radical (unpaired) electrons. The third-order valence-electron chi connectivity index (χ3n) is 2.85. The number of halogens is 1. The first-order valence-corrected chi connectivity index (χ1v) is 5.39. The standard InChI is InChI=1S/C10H14ClN3O/c1-10(6-15,7-2-3-7)14-8-4-5-12-9(11)13-8/h4-5,7,15H,2-3,6H2,1H3,(H,12,13,14)/t10-/m0/s1. The van der Waals surface area contributed by atoms with E-state index in [2.05, 4.69) is 15.3 Å². The molecule has 0 spiro atoms. The second-order valence-corrected chi connectivity index (χ2v) is 4.52. The Hall–Kier alpha value is -0.870. The molecule has 0 unspecified atom stereocenters. The average Bonchev–Trinajstić information content (AvgIpc) is 3.01. The summed E-state index contributed by atoms with van der Waals surface area (Å²) in [6.07, 6.45) is 3.91. The van der Waals surface area contributed by atoms with Crippen molar-refractivity contribution in [3.63, 3.8) is 0 Å². The SMILES string of the molecule is C[C@@](CO)(Nc1ccnc(Cl)n1)C1CC1. The summed E-state index contributed by atoms with van der Waals surface area (Å²) in [6, 6.07) is 1.75. The van der Waals surface area contributed by atoms with Crippen molar-refractivity contribution in [1.82, 2.24) is 9.97 Å². The molecule has 1 aromatic rings. The number of nitrogens with one attached hydrogen (secondary N) is 1. The number of hydrogen-bond donors (Lipinski definition) is 2. The van der Waals surface area contributed by atoms with E-state index >= 15 is 0 Å². The number of aromatic nitrogens is 2. The normalized spacial score (nSPS) is 19.7. The van der Waals surface area contributed by atoms with E-state index in [0.717, 1.165) is 12.8 Å². The zero-order valence-corrected chi connectivity index (χ0v) is 9.33. The lowest BCUT2D eigenvalue weighted by Gasteiger charge is -2.29. The number of anilines is 1. The van der Waals surface area contributed by atoms with Crippen molar-refractivity contribution in [1.29, 1.82) is 0 Å². The van der Waals surface area contributed by atoms with Gasteiger partial charge in [0.2, 0.25) is 5.28 Å². The summed E-state index contributed by atoms with van der Waals surface area (Å²) >= 11 is 5.69. The van der Waals surface area contributed by atoms with Gasteiger partial charge in [-0.3, -0.25) is 0 Å². The zero-order chi connectivity index (χ0) is 10.9. The Bertz CT molecular complexity index is 356. The summed E-state index contributed by atoms with van der Waals surface area (Å²) in [6.45, 7) is 2.10. The van der Waals surface area contributed by atoms with Crippen LogP contribution in [0.5, 0.6) is 0 Å². The highest BCUT2D eigenvalue weighted by Crippen LogP contribution is 2.40. The van der Waals surface area contributed by atoms with Gasteiger partial charge in [-0.25, -0.2) is 9.97 Å². The smallest absolute Gasteiger partial charge is 0.224 e. The monoisotopic (exact) mass is 227 g/mol. The van der Waals surface area contributed by atoms with Gasteiger partial charge < -0.3 is 10.4 Å². The summed E-state index contributed by atoms with van der Waals surface area (Å²) < 4.78 is 0. The van der Waals surface area contributed by atoms with Crippen LogP contribution < -0.4 is 5.32 Å². The number of hydrogen-bond acceptors (Lipinski definition) is 4. The van der Waals surface area contributed by atoms with Crippen LogP contribution in [0.15, 0.2) is 12.3 Å². The van der Waals surface area contributed by atoms with Crippen LogP contribution in [0.3, 0.4) is 0 Å². The Morgan fingerprint density at radius 1 is 1.67 bits per heavy atom. The molecule has 0 aliphatic heterocycles. The van der Waals surface area contributed by atoms with E-state index in [1.807, 2.05) is 6.92 Å². The van der Waals surface area contributed by atoms with Crippen molar-refractivity contribution in [3.05, 3.63) is 17.5 Å². The fraction of sp³-hybridized carbons (Fsp3) is 0.600. The fourth-order valence-electron chi connectivity index (χ4n) is 1.69. The molecule has 1 heterocycles. The lowest BCUT2D eigenvalue weighted by atomic mass is 9.97. The van der Waals surface area contributed by atoms with Gasteiger partial charge in [-0.15, -0.1) is 0 Å². The molecule has 82 valence electrons. The van der Waals surface area contributed by atoms with E-state index in [1.54, 1.807) is 12.3 Å². The van der Waals surface area contributed by atoms with Crippen molar-refractivity contribution in [3.8, 4) is 0 Å². The summed E-state index contributed by atoms with van der Waals surface area (Å²) in [7, 11) is 0. The number of aliphatic hydroxyl groups excluding tert-OH is 1. The molecular weight excluding hydrogens is 214 g/mol. The predicted octanol–water partition coefficient (Wildman–Crippen LogP) is 1.70. The summed E-state index contributed by atoms with van der Waals surface area (Å²) in [4.78, 5) is 7.86.